The second-order valence-electron chi connectivity index (χ2n) is 6.63. The minimum absolute atomic E-state index is 0.391. The summed E-state index contributed by atoms with van der Waals surface area (Å²) in [5, 5.41) is 10.7. The van der Waals surface area contributed by atoms with Gasteiger partial charge in [-0.05, 0) is 37.0 Å². The highest BCUT2D eigenvalue weighted by Gasteiger charge is 2.42. The van der Waals surface area contributed by atoms with Crippen LogP contribution in [0.4, 0.5) is 0 Å². The van der Waals surface area contributed by atoms with E-state index in [4.69, 9.17) is 0 Å². The van der Waals surface area contributed by atoms with Crippen molar-refractivity contribution in [2.75, 3.05) is 19.3 Å². The molecule has 1 aliphatic carbocycles. The minimum atomic E-state index is -0.902. The van der Waals surface area contributed by atoms with Gasteiger partial charge in [-0.15, -0.1) is 0 Å². The highest BCUT2D eigenvalue weighted by molar-refractivity contribution is 7.84. The second kappa shape index (κ2) is 6.19. The fourth-order valence-corrected chi connectivity index (χ4v) is 4.35. The zero-order chi connectivity index (χ0) is 14.9. The Bertz CT molecular complexity index is 516. The minimum Gasteiger partial charge on any atom is -0.390 e. The molecular weight excluding hydrogens is 282 g/mol. The Labute approximate surface area is 129 Å². The number of hydrogen-bond acceptors (Lipinski definition) is 3. The molecule has 1 heterocycles. The highest BCUT2D eigenvalue weighted by Crippen LogP contribution is 2.40. The third-order valence-electron chi connectivity index (χ3n) is 5.17. The van der Waals surface area contributed by atoms with Gasteiger partial charge in [-0.1, -0.05) is 25.0 Å². The summed E-state index contributed by atoms with van der Waals surface area (Å²) in [6.45, 7) is 2.93. The number of fused-ring (bicyclic) bond motifs is 1. The van der Waals surface area contributed by atoms with Gasteiger partial charge in [-0.25, -0.2) is 0 Å². The number of aliphatic hydroxyl groups is 1. The van der Waals surface area contributed by atoms with Crippen LogP contribution in [0.25, 0.3) is 0 Å². The van der Waals surface area contributed by atoms with Crippen molar-refractivity contribution in [3.05, 3.63) is 29.8 Å². The Balaban J connectivity index is 1.62. The van der Waals surface area contributed by atoms with E-state index in [0.717, 1.165) is 37.4 Å². The lowest BCUT2D eigenvalue weighted by Gasteiger charge is -2.47. The molecule has 0 spiro atoms. The summed E-state index contributed by atoms with van der Waals surface area (Å²) in [6, 6.07) is 8.09. The van der Waals surface area contributed by atoms with Crippen LogP contribution in [0.2, 0.25) is 0 Å². The lowest BCUT2D eigenvalue weighted by molar-refractivity contribution is -0.0967. The Hall–Kier alpha value is -0.710. The van der Waals surface area contributed by atoms with E-state index in [1.807, 2.05) is 12.1 Å². The fourth-order valence-electron chi connectivity index (χ4n) is 3.83. The van der Waals surface area contributed by atoms with E-state index in [1.54, 1.807) is 6.26 Å². The zero-order valence-electron chi connectivity index (χ0n) is 12.8. The van der Waals surface area contributed by atoms with Crippen molar-refractivity contribution in [3.63, 3.8) is 0 Å². The van der Waals surface area contributed by atoms with E-state index in [-0.39, 0.29) is 0 Å². The molecule has 3 atom stereocenters. The Morgan fingerprint density at radius 2 is 2.05 bits per heavy atom. The van der Waals surface area contributed by atoms with Gasteiger partial charge in [-0.2, -0.15) is 0 Å². The van der Waals surface area contributed by atoms with Gasteiger partial charge in [-0.3, -0.25) is 9.11 Å². The van der Waals surface area contributed by atoms with Crippen molar-refractivity contribution in [1.29, 1.82) is 0 Å². The number of likely N-dealkylation sites (tertiary alicyclic amines) is 1. The molecule has 3 rings (SSSR count). The second-order valence-corrected chi connectivity index (χ2v) is 8.01. The molecule has 21 heavy (non-hydrogen) atoms. The van der Waals surface area contributed by atoms with Gasteiger partial charge in [0.15, 0.2) is 0 Å². The van der Waals surface area contributed by atoms with Crippen LogP contribution < -0.4 is 0 Å². The number of rotatable bonds is 3. The summed E-state index contributed by atoms with van der Waals surface area (Å²) < 4.78 is 11.4. The van der Waals surface area contributed by atoms with Gasteiger partial charge in [0.25, 0.3) is 0 Å². The van der Waals surface area contributed by atoms with E-state index < -0.39 is 16.4 Å². The molecule has 0 radical (unpaired) electrons. The van der Waals surface area contributed by atoms with E-state index in [0.29, 0.717) is 5.92 Å². The average molecular weight is 307 g/mol. The van der Waals surface area contributed by atoms with E-state index in [1.165, 1.54) is 24.8 Å². The Morgan fingerprint density at radius 3 is 2.76 bits per heavy atom. The fraction of sp³-hybridized carbons (Fsp3) is 0.647. The summed E-state index contributed by atoms with van der Waals surface area (Å²) in [6.07, 6.45) is 7.22. The van der Waals surface area contributed by atoms with Crippen molar-refractivity contribution >= 4 is 10.8 Å². The number of nitrogens with zero attached hydrogens (tertiary/aromatic N) is 1. The lowest BCUT2D eigenvalue weighted by Crippen LogP contribution is -2.52. The summed E-state index contributed by atoms with van der Waals surface area (Å²) >= 11 is 0. The molecule has 1 saturated carbocycles. The molecule has 1 N–H and O–H groups in total. The molecule has 2 aliphatic rings. The number of benzene rings is 1. The maximum absolute atomic E-state index is 11.4. The predicted molar refractivity (Wildman–Crippen MR) is 85.6 cm³/mol. The molecule has 4 heteroatoms. The molecule has 1 aliphatic heterocycles. The van der Waals surface area contributed by atoms with Crippen LogP contribution >= 0.6 is 0 Å². The first-order valence-corrected chi connectivity index (χ1v) is 9.50. The van der Waals surface area contributed by atoms with Crippen molar-refractivity contribution in [2.45, 2.75) is 49.1 Å². The lowest BCUT2D eigenvalue weighted by atomic mass is 9.71. The quantitative estimate of drug-likeness (QED) is 0.933. The smallest absolute Gasteiger partial charge is 0.0700 e. The van der Waals surface area contributed by atoms with Crippen LogP contribution in [-0.4, -0.2) is 39.2 Å². The molecule has 3 unspecified atom stereocenters. The normalized spacial score (nSPS) is 31.6. The first-order chi connectivity index (χ1) is 10.1. The van der Waals surface area contributed by atoms with Crippen LogP contribution in [0.5, 0.6) is 0 Å². The van der Waals surface area contributed by atoms with Crippen molar-refractivity contribution < 1.29 is 9.32 Å². The first-order valence-electron chi connectivity index (χ1n) is 7.94. The molecule has 0 bridgehead atoms. The van der Waals surface area contributed by atoms with Crippen LogP contribution in [0.3, 0.4) is 0 Å². The van der Waals surface area contributed by atoms with Crippen LogP contribution in [0, 0.1) is 5.92 Å². The van der Waals surface area contributed by atoms with E-state index in [9.17, 15) is 9.32 Å². The SMILES string of the molecule is CS(=O)c1ccc(CN2CCC3(O)CCCCC3C2)cc1. The number of hydrogen-bond donors (Lipinski definition) is 1. The average Bonchev–Trinajstić information content (AvgIpc) is 2.48. The van der Waals surface area contributed by atoms with E-state index in [2.05, 4.69) is 17.0 Å². The van der Waals surface area contributed by atoms with Crippen molar-refractivity contribution in [2.24, 2.45) is 5.92 Å². The molecule has 0 amide bonds. The van der Waals surface area contributed by atoms with Gasteiger partial charge >= 0.3 is 0 Å². The molecule has 1 aromatic rings. The Morgan fingerprint density at radius 1 is 1.29 bits per heavy atom. The molecule has 1 aromatic carbocycles. The Kier molecular flexibility index (Phi) is 4.48. The third kappa shape index (κ3) is 3.38. The van der Waals surface area contributed by atoms with Gasteiger partial charge in [0.2, 0.25) is 0 Å². The van der Waals surface area contributed by atoms with Gasteiger partial charge in [0.05, 0.1) is 5.60 Å². The predicted octanol–water partition coefficient (Wildman–Crippen LogP) is 2.55. The number of piperidine rings is 1. The maximum Gasteiger partial charge on any atom is 0.0700 e. The maximum atomic E-state index is 11.4. The van der Waals surface area contributed by atoms with Crippen LogP contribution in [0.1, 0.15) is 37.7 Å². The summed E-state index contributed by atoms with van der Waals surface area (Å²) in [7, 11) is -0.902. The van der Waals surface area contributed by atoms with Crippen molar-refractivity contribution in [3.8, 4) is 0 Å². The van der Waals surface area contributed by atoms with E-state index >= 15 is 0 Å². The topological polar surface area (TPSA) is 40.5 Å². The zero-order valence-corrected chi connectivity index (χ0v) is 13.6. The van der Waals surface area contributed by atoms with Gasteiger partial charge in [0.1, 0.15) is 0 Å². The highest BCUT2D eigenvalue weighted by atomic mass is 32.2. The van der Waals surface area contributed by atoms with Gasteiger partial charge < -0.3 is 5.11 Å². The van der Waals surface area contributed by atoms with Crippen LogP contribution in [-0.2, 0) is 17.3 Å². The monoisotopic (exact) mass is 307 g/mol. The summed E-state index contributed by atoms with van der Waals surface area (Å²) in [5.41, 5.74) is 0.878. The molecular formula is C17H25NO2S. The molecule has 116 valence electrons. The summed E-state index contributed by atoms with van der Waals surface area (Å²) in [5.74, 6) is 0.447. The molecule has 0 aromatic heterocycles. The standard InChI is InChI=1S/C17H25NO2S/c1-21(20)16-7-5-14(6-8-16)12-18-11-10-17(19)9-3-2-4-15(17)13-18/h5-8,15,19H,2-4,9-13H2,1H3. The third-order valence-corrected chi connectivity index (χ3v) is 6.11. The molecule has 1 saturated heterocycles. The van der Waals surface area contributed by atoms with Gasteiger partial charge in [0, 0.05) is 47.5 Å². The van der Waals surface area contributed by atoms with Crippen LogP contribution in [0.15, 0.2) is 29.2 Å². The molecule has 2 fully saturated rings. The largest absolute Gasteiger partial charge is 0.390 e. The van der Waals surface area contributed by atoms with Crippen molar-refractivity contribution in [1.82, 2.24) is 4.90 Å². The molecule has 3 nitrogen and oxygen atoms in total. The summed E-state index contributed by atoms with van der Waals surface area (Å²) in [4.78, 5) is 3.35. The first kappa shape index (κ1) is 15.2.